The van der Waals surface area contributed by atoms with Gasteiger partial charge in [-0.25, -0.2) is 4.79 Å². The highest BCUT2D eigenvalue weighted by molar-refractivity contribution is 6.34. The van der Waals surface area contributed by atoms with Crippen molar-refractivity contribution in [3.8, 4) is 0 Å². The lowest BCUT2D eigenvalue weighted by molar-refractivity contribution is 0.0696. The molecule has 0 aliphatic rings. The van der Waals surface area contributed by atoms with Gasteiger partial charge in [0.15, 0.2) is 5.78 Å². The third kappa shape index (κ3) is 1.77. The van der Waals surface area contributed by atoms with Crippen molar-refractivity contribution >= 4 is 23.4 Å². The zero-order chi connectivity index (χ0) is 10.9. The lowest BCUT2D eigenvalue weighted by Crippen LogP contribution is -2.03. The third-order valence-corrected chi connectivity index (χ3v) is 2.48. The quantitative estimate of drug-likeness (QED) is 0.767. The number of hydrogen-bond donors (Lipinski definition) is 1. The first-order chi connectivity index (χ1) is 6.45. The third-order valence-electron chi connectivity index (χ3n) is 2.00. The predicted molar refractivity (Wildman–Crippen MR) is 53.2 cm³/mol. The first kappa shape index (κ1) is 10.7. The largest absolute Gasteiger partial charge is 0.478 e. The number of carboxylic acids is 1. The molecule has 1 aromatic carbocycles. The van der Waals surface area contributed by atoms with Crippen LogP contribution in [-0.2, 0) is 0 Å². The van der Waals surface area contributed by atoms with E-state index in [1.54, 1.807) is 6.92 Å². The van der Waals surface area contributed by atoms with Gasteiger partial charge in [-0.3, -0.25) is 4.79 Å². The fourth-order valence-electron chi connectivity index (χ4n) is 1.23. The van der Waals surface area contributed by atoms with Gasteiger partial charge in [0.25, 0.3) is 0 Å². The Labute approximate surface area is 86.3 Å². The van der Waals surface area contributed by atoms with Gasteiger partial charge in [-0.05, 0) is 25.5 Å². The number of benzene rings is 1. The summed E-state index contributed by atoms with van der Waals surface area (Å²) in [5, 5.41) is 8.88. The fourth-order valence-corrected chi connectivity index (χ4v) is 1.48. The lowest BCUT2D eigenvalue weighted by Gasteiger charge is -2.06. The van der Waals surface area contributed by atoms with Crippen LogP contribution in [0.2, 0.25) is 5.02 Å². The standard InChI is InChI=1S/C10H9ClO3/c1-5-7(6(2)12)3-4-8(9(5)11)10(13)14/h3-4H,1-2H3,(H,13,14). The second-order valence-corrected chi connectivity index (χ2v) is 3.34. The van der Waals surface area contributed by atoms with E-state index in [2.05, 4.69) is 0 Å². The minimum atomic E-state index is -1.09. The highest BCUT2D eigenvalue weighted by Crippen LogP contribution is 2.24. The van der Waals surface area contributed by atoms with Crippen LogP contribution in [0.5, 0.6) is 0 Å². The Bertz CT molecular complexity index is 371. The van der Waals surface area contributed by atoms with E-state index in [1.165, 1.54) is 19.1 Å². The van der Waals surface area contributed by atoms with Crippen LogP contribution in [0.15, 0.2) is 12.1 Å². The molecule has 0 bridgehead atoms. The van der Waals surface area contributed by atoms with E-state index >= 15 is 0 Å². The van der Waals surface area contributed by atoms with E-state index in [4.69, 9.17) is 16.7 Å². The molecular weight excluding hydrogens is 204 g/mol. The van der Waals surface area contributed by atoms with Gasteiger partial charge in [0.05, 0.1) is 10.6 Å². The molecule has 3 nitrogen and oxygen atoms in total. The minimum absolute atomic E-state index is 0.0224. The minimum Gasteiger partial charge on any atom is -0.478 e. The topological polar surface area (TPSA) is 54.4 Å². The SMILES string of the molecule is CC(=O)c1ccc(C(=O)O)c(Cl)c1C. The van der Waals surface area contributed by atoms with Gasteiger partial charge >= 0.3 is 5.97 Å². The summed E-state index contributed by atoms with van der Waals surface area (Å²) in [5.41, 5.74) is 0.994. The molecule has 0 spiro atoms. The average Bonchev–Trinajstić information content (AvgIpc) is 2.08. The Balaban J connectivity index is 3.41. The first-order valence-electron chi connectivity index (χ1n) is 3.98. The van der Waals surface area contributed by atoms with E-state index in [0.29, 0.717) is 11.1 Å². The molecule has 0 aliphatic carbocycles. The number of halogens is 1. The number of hydrogen-bond acceptors (Lipinski definition) is 2. The summed E-state index contributed by atoms with van der Waals surface area (Å²) in [6.07, 6.45) is 0. The summed E-state index contributed by atoms with van der Waals surface area (Å²) >= 11 is 5.80. The zero-order valence-corrected chi connectivity index (χ0v) is 8.55. The number of carbonyl (C=O) groups is 2. The van der Waals surface area contributed by atoms with Crippen molar-refractivity contribution in [2.45, 2.75) is 13.8 Å². The molecule has 0 heterocycles. The van der Waals surface area contributed by atoms with Crippen LogP contribution in [0, 0.1) is 6.92 Å². The number of ketones is 1. The zero-order valence-electron chi connectivity index (χ0n) is 7.80. The Morgan fingerprint density at radius 3 is 2.21 bits per heavy atom. The summed E-state index contributed by atoms with van der Waals surface area (Å²) in [6, 6.07) is 2.82. The van der Waals surface area contributed by atoms with Crippen molar-refractivity contribution in [1.29, 1.82) is 0 Å². The monoisotopic (exact) mass is 212 g/mol. The second-order valence-electron chi connectivity index (χ2n) is 2.96. The van der Waals surface area contributed by atoms with Crippen molar-refractivity contribution in [3.05, 3.63) is 33.8 Å². The van der Waals surface area contributed by atoms with Gasteiger partial charge in [-0.1, -0.05) is 17.7 Å². The molecule has 0 unspecified atom stereocenters. The average molecular weight is 213 g/mol. The van der Waals surface area contributed by atoms with Crippen molar-refractivity contribution < 1.29 is 14.7 Å². The summed E-state index contributed by atoms with van der Waals surface area (Å²) in [6.45, 7) is 3.05. The molecule has 0 saturated carbocycles. The maximum Gasteiger partial charge on any atom is 0.337 e. The smallest absolute Gasteiger partial charge is 0.337 e. The van der Waals surface area contributed by atoms with Crippen LogP contribution < -0.4 is 0 Å². The van der Waals surface area contributed by atoms with Crippen LogP contribution in [0.1, 0.15) is 33.2 Å². The predicted octanol–water partition coefficient (Wildman–Crippen LogP) is 2.55. The van der Waals surface area contributed by atoms with Crippen molar-refractivity contribution in [3.63, 3.8) is 0 Å². The van der Waals surface area contributed by atoms with E-state index in [-0.39, 0.29) is 16.4 Å². The van der Waals surface area contributed by atoms with Gasteiger partial charge < -0.3 is 5.11 Å². The highest BCUT2D eigenvalue weighted by atomic mass is 35.5. The number of carboxylic acid groups (broad SMARTS) is 1. The Morgan fingerprint density at radius 2 is 1.79 bits per heavy atom. The number of rotatable bonds is 2. The molecule has 1 aromatic rings. The summed E-state index contributed by atoms with van der Waals surface area (Å²) in [5.74, 6) is -1.21. The van der Waals surface area contributed by atoms with Crippen LogP contribution >= 0.6 is 11.6 Å². The molecule has 1 N–H and O–H groups in total. The normalized spacial score (nSPS) is 9.93. The molecule has 0 saturated heterocycles. The van der Waals surface area contributed by atoms with E-state index in [1.807, 2.05) is 0 Å². The molecule has 0 aliphatic heterocycles. The second kappa shape index (κ2) is 3.80. The number of aromatic carboxylic acids is 1. The summed E-state index contributed by atoms with van der Waals surface area (Å²) < 4.78 is 0. The fraction of sp³-hybridized carbons (Fsp3) is 0.200. The number of Topliss-reactive ketones (excluding diaryl/α,β-unsaturated/α-hetero) is 1. The Hall–Kier alpha value is -1.35. The molecule has 14 heavy (non-hydrogen) atoms. The maximum absolute atomic E-state index is 11.1. The van der Waals surface area contributed by atoms with Crippen LogP contribution in [0.25, 0.3) is 0 Å². The molecule has 1 rings (SSSR count). The maximum atomic E-state index is 11.1. The van der Waals surface area contributed by atoms with E-state index < -0.39 is 5.97 Å². The van der Waals surface area contributed by atoms with Crippen LogP contribution in [0.4, 0.5) is 0 Å². The lowest BCUT2D eigenvalue weighted by atomic mass is 10.0. The first-order valence-corrected chi connectivity index (χ1v) is 4.36. The van der Waals surface area contributed by atoms with Gasteiger partial charge in [0.2, 0.25) is 0 Å². The van der Waals surface area contributed by atoms with E-state index in [0.717, 1.165) is 0 Å². The van der Waals surface area contributed by atoms with Crippen molar-refractivity contribution in [1.82, 2.24) is 0 Å². The molecule has 0 fully saturated rings. The Morgan fingerprint density at radius 1 is 1.29 bits per heavy atom. The van der Waals surface area contributed by atoms with Crippen molar-refractivity contribution in [2.75, 3.05) is 0 Å². The molecular formula is C10H9ClO3. The Kier molecular flexibility index (Phi) is 2.91. The molecule has 74 valence electrons. The highest BCUT2D eigenvalue weighted by Gasteiger charge is 2.14. The van der Waals surface area contributed by atoms with Crippen LogP contribution in [-0.4, -0.2) is 16.9 Å². The van der Waals surface area contributed by atoms with Gasteiger partial charge in [0, 0.05) is 5.56 Å². The van der Waals surface area contributed by atoms with Gasteiger partial charge in [-0.2, -0.15) is 0 Å². The summed E-state index contributed by atoms with van der Waals surface area (Å²) in [4.78, 5) is 21.8. The van der Waals surface area contributed by atoms with Crippen LogP contribution in [0.3, 0.4) is 0 Å². The molecule has 0 atom stereocenters. The molecule has 4 heteroatoms. The van der Waals surface area contributed by atoms with Gasteiger partial charge in [0.1, 0.15) is 0 Å². The van der Waals surface area contributed by atoms with Gasteiger partial charge in [-0.15, -0.1) is 0 Å². The molecule has 0 amide bonds. The molecule has 0 aromatic heterocycles. The number of carbonyl (C=O) groups excluding carboxylic acids is 1. The van der Waals surface area contributed by atoms with Crippen molar-refractivity contribution in [2.24, 2.45) is 0 Å². The molecule has 0 radical (unpaired) electrons. The van der Waals surface area contributed by atoms with E-state index in [9.17, 15) is 9.59 Å². The summed E-state index contributed by atoms with van der Waals surface area (Å²) in [7, 11) is 0.